The van der Waals surface area contributed by atoms with Crippen LogP contribution in [0.2, 0.25) is 0 Å². The fraction of sp³-hybridized carbons (Fsp3) is 0.111. The van der Waals surface area contributed by atoms with Crippen LogP contribution < -0.4 is 10.1 Å². The number of methoxy groups -OCH3 is 1. The highest BCUT2D eigenvalue weighted by atomic mass is 79.9. The van der Waals surface area contributed by atoms with E-state index in [4.69, 9.17) is 4.74 Å². The van der Waals surface area contributed by atoms with E-state index in [-0.39, 0.29) is 5.91 Å². The van der Waals surface area contributed by atoms with Crippen LogP contribution in [-0.2, 0) is 6.54 Å². The van der Waals surface area contributed by atoms with Crippen molar-refractivity contribution in [1.29, 1.82) is 0 Å². The SMILES string of the molecule is COc1cccc(-c2[nH]ncc2C(=O)NCc2cccc(Br)c2)c1. The highest BCUT2D eigenvalue weighted by Crippen LogP contribution is 2.25. The Morgan fingerprint density at radius 3 is 2.88 bits per heavy atom. The Bertz CT molecular complexity index is 861. The molecule has 122 valence electrons. The summed E-state index contributed by atoms with van der Waals surface area (Å²) in [4.78, 5) is 12.5. The maximum Gasteiger partial charge on any atom is 0.255 e. The largest absolute Gasteiger partial charge is 0.497 e. The van der Waals surface area contributed by atoms with Crippen LogP contribution in [0.1, 0.15) is 15.9 Å². The molecule has 0 aliphatic rings. The van der Waals surface area contributed by atoms with Crippen LogP contribution in [0, 0.1) is 0 Å². The molecule has 0 atom stereocenters. The summed E-state index contributed by atoms with van der Waals surface area (Å²) < 4.78 is 6.21. The van der Waals surface area contributed by atoms with Gasteiger partial charge in [-0.25, -0.2) is 0 Å². The van der Waals surface area contributed by atoms with Crippen molar-refractivity contribution in [1.82, 2.24) is 15.5 Å². The zero-order valence-corrected chi connectivity index (χ0v) is 14.6. The average molecular weight is 386 g/mol. The van der Waals surface area contributed by atoms with E-state index in [0.29, 0.717) is 17.8 Å². The summed E-state index contributed by atoms with van der Waals surface area (Å²) in [6.07, 6.45) is 1.53. The number of benzene rings is 2. The molecule has 0 saturated carbocycles. The molecular formula is C18H16BrN3O2. The van der Waals surface area contributed by atoms with Gasteiger partial charge >= 0.3 is 0 Å². The van der Waals surface area contributed by atoms with E-state index in [2.05, 4.69) is 31.4 Å². The van der Waals surface area contributed by atoms with Gasteiger partial charge in [0.2, 0.25) is 0 Å². The van der Waals surface area contributed by atoms with Gasteiger partial charge in [0.1, 0.15) is 5.75 Å². The number of halogens is 1. The van der Waals surface area contributed by atoms with Crippen LogP contribution >= 0.6 is 15.9 Å². The Hall–Kier alpha value is -2.60. The summed E-state index contributed by atoms with van der Waals surface area (Å²) in [5.41, 5.74) is 3.03. The zero-order chi connectivity index (χ0) is 16.9. The molecule has 1 amide bonds. The number of nitrogens with one attached hydrogen (secondary N) is 2. The van der Waals surface area contributed by atoms with Gasteiger partial charge in [-0.3, -0.25) is 9.89 Å². The third-order valence-corrected chi connectivity index (χ3v) is 4.08. The number of aromatic amines is 1. The number of hydrogen-bond donors (Lipinski definition) is 2. The van der Waals surface area contributed by atoms with Gasteiger partial charge in [0, 0.05) is 16.6 Å². The summed E-state index contributed by atoms with van der Waals surface area (Å²) >= 11 is 3.42. The van der Waals surface area contributed by atoms with Gasteiger partial charge in [0.25, 0.3) is 5.91 Å². The molecule has 0 aliphatic carbocycles. The second-order valence-corrected chi connectivity index (χ2v) is 6.12. The fourth-order valence-corrected chi connectivity index (χ4v) is 2.83. The Morgan fingerprint density at radius 1 is 1.25 bits per heavy atom. The van der Waals surface area contributed by atoms with Gasteiger partial charge in [-0.05, 0) is 29.8 Å². The smallest absolute Gasteiger partial charge is 0.255 e. The van der Waals surface area contributed by atoms with Crippen LogP contribution in [-0.4, -0.2) is 23.2 Å². The molecule has 3 rings (SSSR count). The van der Waals surface area contributed by atoms with Crippen LogP contribution in [0.4, 0.5) is 0 Å². The molecule has 2 N–H and O–H groups in total. The predicted molar refractivity (Wildman–Crippen MR) is 95.9 cm³/mol. The highest BCUT2D eigenvalue weighted by Gasteiger charge is 2.15. The summed E-state index contributed by atoms with van der Waals surface area (Å²) in [5, 5.41) is 9.81. The molecule has 6 heteroatoms. The van der Waals surface area contributed by atoms with Gasteiger partial charge in [-0.2, -0.15) is 5.10 Å². The third kappa shape index (κ3) is 3.65. The maximum atomic E-state index is 12.5. The number of ether oxygens (including phenoxy) is 1. The Labute approximate surface area is 148 Å². The van der Waals surface area contributed by atoms with E-state index in [1.165, 1.54) is 6.20 Å². The number of aromatic nitrogens is 2. The Balaban J connectivity index is 1.78. The van der Waals surface area contributed by atoms with E-state index in [1.54, 1.807) is 7.11 Å². The molecular weight excluding hydrogens is 370 g/mol. The van der Waals surface area contributed by atoms with E-state index < -0.39 is 0 Å². The van der Waals surface area contributed by atoms with Crippen LogP contribution in [0.25, 0.3) is 11.3 Å². The average Bonchev–Trinajstić information content (AvgIpc) is 3.09. The molecule has 3 aromatic rings. The minimum atomic E-state index is -0.179. The van der Waals surface area contributed by atoms with Gasteiger partial charge in [-0.1, -0.05) is 40.2 Å². The van der Waals surface area contributed by atoms with Gasteiger partial charge < -0.3 is 10.1 Å². The summed E-state index contributed by atoms with van der Waals surface area (Å²) in [7, 11) is 1.61. The van der Waals surface area contributed by atoms with Crippen LogP contribution in [0.15, 0.2) is 59.2 Å². The summed E-state index contributed by atoms with van der Waals surface area (Å²) in [6.45, 7) is 0.445. The number of H-pyrrole nitrogens is 1. The van der Waals surface area contributed by atoms with Crippen molar-refractivity contribution in [3.05, 3.63) is 70.3 Å². The Kier molecular flexibility index (Phi) is 4.96. The quantitative estimate of drug-likeness (QED) is 0.702. The lowest BCUT2D eigenvalue weighted by Gasteiger charge is -2.07. The standard InChI is InChI=1S/C18H16BrN3O2/c1-24-15-7-3-5-13(9-15)17-16(11-21-22-17)18(23)20-10-12-4-2-6-14(19)8-12/h2-9,11H,10H2,1H3,(H,20,23)(H,21,22). The Morgan fingerprint density at radius 2 is 2.08 bits per heavy atom. The minimum absolute atomic E-state index is 0.179. The van der Waals surface area contributed by atoms with Gasteiger partial charge in [-0.15, -0.1) is 0 Å². The van der Waals surface area contributed by atoms with E-state index in [9.17, 15) is 4.79 Å². The fourth-order valence-electron chi connectivity index (χ4n) is 2.38. The van der Waals surface area contributed by atoms with Crippen LogP contribution in [0.3, 0.4) is 0 Å². The zero-order valence-electron chi connectivity index (χ0n) is 13.0. The lowest BCUT2D eigenvalue weighted by molar-refractivity contribution is 0.0951. The monoisotopic (exact) mass is 385 g/mol. The molecule has 0 saturated heterocycles. The predicted octanol–water partition coefficient (Wildman–Crippen LogP) is 3.78. The van der Waals surface area contributed by atoms with Crippen molar-refractivity contribution in [2.45, 2.75) is 6.54 Å². The van der Waals surface area contributed by atoms with Crippen LogP contribution in [0.5, 0.6) is 5.75 Å². The molecule has 0 aliphatic heterocycles. The van der Waals surface area contributed by atoms with Gasteiger partial charge in [0.15, 0.2) is 0 Å². The molecule has 0 radical (unpaired) electrons. The van der Waals surface area contributed by atoms with E-state index in [0.717, 1.165) is 21.3 Å². The van der Waals surface area contributed by atoms with E-state index >= 15 is 0 Å². The molecule has 24 heavy (non-hydrogen) atoms. The molecule has 5 nitrogen and oxygen atoms in total. The number of hydrogen-bond acceptors (Lipinski definition) is 3. The number of carbonyl (C=O) groups is 1. The molecule has 2 aromatic carbocycles. The molecule has 0 fully saturated rings. The lowest BCUT2D eigenvalue weighted by atomic mass is 10.1. The summed E-state index contributed by atoms with van der Waals surface area (Å²) in [5.74, 6) is 0.545. The molecule has 1 heterocycles. The topological polar surface area (TPSA) is 67.0 Å². The maximum absolute atomic E-state index is 12.5. The number of nitrogens with zero attached hydrogens (tertiary/aromatic N) is 1. The molecule has 1 aromatic heterocycles. The van der Waals surface area contributed by atoms with Crippen molar-refractivity contribution < 1.29 is 9.53 Å². The number of carbonyl (C=O) groups excluding carboxylic acids is 1. The first-order valence-corrected chi connectivity index (χ1v) is 8.17. The van der Waals surface area contributed by atoms with Crippen molar-refractivity contribution in [2.24, 2.45) is 0 Å². The normalized spacial score (nSPS) is 10.4. The molecule has 0 bridgehead atoms. The summed E-state index contributed by atoms with van der Waals surface area (Å²) in [6, 6.07) is 15.3. The van der Waals surface area contributed by atoms with Gasteiger partial charge in [0.05, 0.1) is 24.6 Å². The number of amides is 1. The minimum Gasteiger partial charge on any atom is -0.497 e. The molecule has 0 unspecified atom stereocenters. The first kappa shape index (κ1) is 16.3. The van der Waals surface area contributed by atoms with Crippen molar-refractivity contribution in [3.8, 4) is 17.0 Å². The lowest BCUT2D eigenvalue weighted by Crippen LogP contribution is -2.22. The first-order valence-electron chi connectivity index (χ1n) is 7.38. The molecule has 0 spiro atoms. The first-order chi connectivity index (χ1) is 11.7. The van der Waals surface area contributed by atoms with E-state index in [1.807, 2.05) is 48.5 Å². The second kappa shape index (κ2) is 7.31. The number of rotatable bonds is 5. The van der Waals surface area contributed by atoms with Crippen molar-refractivity contribution in [2.75, 3.05) is 7.11 Å². The highest BCUT2D eigenvalue weighted by molar-refractivity contribution is 9.10. The third-order valence-electron chi connectivity index (χ3n) is 3.58. The van der Waals surface area contributed by atoms with Crippen molar-refractivity contribution in [3.63, 3.8) is 0 Å². The second-order valence-electron chi connectivity index (χ2n) is 5.20. The van der Waals surface area contributed by atoms with Crippen molar-refractivity contribution >= 4 is 21.8 Å².